The fourth-order valence-corrected chi connectivity index (χ4v) is 1.43. The van der Waals surface area contributed by atoms with Crippen LogP contribution < -0.4 is 0 Å². The van der Waals surface area contributed by atoms with Crippen LogP contribution in [-0.4, -0.2) is 15.2 Å². The number of H-pyrrole nitrogens is 1. The van der Waals surface area contributed by atoms with Gasteiger partial charge in [0, 0.05) is 6.20 Å². The van der Waals surface area contributed by atoms with Gasteiger partial charge in [0.1, 0.15) is 5.69 Å². The van der Waals surface area contributed by atoms with Crippen LogP contribution in [0.15, 0.2) is 18.3 Å². The summed E-state index contributed by atoms with van der Waals surface area (Å²) in [5.74, 6) is 0. The molecule has 72 valence electrons. The maximum absolute atomic E-state index is 6.06. The normalized spacial score (nSPS) is 10.5. The maximum Gasteiger partial charge on any atom is 0.129 e. The van der Waals surface area contributed by atoms with Gasteiger partial charge in [-0.25, -0.2) is 0 Å². The van der Waals surface area contributed by atoms with Crippen LogP contribution in [-0.2, 0) is 0 Å². The molecule has 2 rings (SSSR count). The predicted molar refractivity (Wildman–Crippen MR) is 56.3 cm³/mol. The first-order chi connectivity index (χ1) is 6.68. The van der Waals surface area contributed by atoms with Crippen molar-refractivity contribution in [1.82, 2.24) is 15.2 Å². The topological polar surface area (TPSA) is 41.6 Å². The Morgan fingerprint density at radius 3 is 2.71 bits per heavy atom. The lowest BCUT2D eigenvalue weighted by atomic mass is 10.2. The summed E-state index contributed by atoms with van der Waals surface area (Å²) in [5, 5.41) is 7.58. The third kappa shape index (κ3) is 1.51. The molecule has 0 unspecified atom stereocenters. The molecule has 0 spiro atoms. The second-order valence-corrected chi connectivity index (χ2v) is 3.61. The molecule has 0 aliphatic carbocycles. The molecule has 4 heteroatoms. The Morgan fingerprint density at radius 2 is 2.14 bits per heavy atom. The number of halogens is 1. The van der Waals surface area contributed by atoms with Crippen molar-refractivity contribution in [3.05, 3.63) is 34.6 Å². The first-order valence-corrected chi connectivity index (χ1v) is 4.70. The van der Waals surface area contributed by atoms with Crippen LogP contribution in [0, 0.1) is 13.8 Å². The van der Waals surface area contributed by atoms with Crippen LogP contribution in [0.2, 0.25) is 5.02 Å². The van der Waals surface area contributed by atoms with Crippen molar-refractivity contribution in [3.8, 4) is 11.4 Å². The number of aryl methyl sites for hydroxylation is 2. The summed E-state index contributed by atoms with van der Waals surface area (Å²) in [6.45, 7) is 3.90. The lowest BCUT2D eigenvalue weighted by Gasteiger charge is -1.97. The average molecular weight is 208 g/mol. The first-order valence-electron chi connectivity index (χ1n) is 4.32. The van der Waals surface area contributed by atoms with Crippen LogP contribution in [0.1, 0.15) is 11.3 Å². The van der Waals surface area contributed by atoms with E-state index >= 15 is 0 Å². The van der Waals surface area contributed by atoms with Gasteiger partial charge in [-0.15, -0.1) is 0 Å². The standard InChI is InChI=1S/C10H10ClN3/c1-6-3-4-12-8(5-6)10-9(11)7(2)13-14-10/h3-5H,1-2H3,(H,13,14). The van der Waals surface area contributed by atoms with Crippen LogP contribution in [0.4, 0.5) is 0 Å². The maximum atomic E-state index is 6.06. The van der Waals surface area contributed by atoms with E-state index in [1.807, 2.05) is 26.0 Å². The monoisotopic (exact) mass is 207 g/mol. The van der Waals surface area contributed by atoms with Gasteiger partial charge < -0.3 is 0 Å². The molecule has 0 aliphatic heterocycles. The molecule has 0 radical (unpaired) electrons. The Morgan fingerprint density at radius 1 is 1.36 bits per heavy atom. The van der Waals surface area contributed by atoms with Crippen LogP contribution in [0.3, 0.4) is 0 Å². The van der Waals surface area contributed by atoms with Crippen LogP contribution >= 0.6 is 11.6 Å². The molecule has 0 atom stereocenters. The number of aromatic amines is 1. The second kappa shape index (κ2) is 3.42. The van der Waals surface area contributed by atoms with Crippen molar-refractivity contribution < 1.29 is 0 Å². The molecule has 14 heavy (non-hydrogen) atoms. The number of pyridine rings is 1. The zero-order valence-electron chi connectivity index (χ0n) is 8.00. The molecule has 3 nitrogen and oxygen atoms in total. The second-order valence-electron chi connectivity index (χ2n) is 3.23. The van der Waals surface area contributed by atoms with E-state index in [-0.39, 0.29) is 0 Å². The van der Waals surface area contributed by atoms with E-state index in [2.05, 4.69) is 15.2 Å². The van der Waals surface area contributed by atoms with Gasteiger partial charge in [0.05, 0.1) is 16.4 Å². The minimum absolute atomic E-state index is 0.642. The zero-order chi connectivity index (χ0) is 10.1. The minimum Gasteiger partial charge on any atom is -0.281 e. The summed E-state index contributed by atoms with van der Waals surface area (Å²) in [6.07, 6.45) is 1.75. The Bertz CT molecular complexity index is 462. The number of nitrogens with zero attached hydrogens (tertiary/aromatic N) is 2. The highest BCUT2D eigenvalue weighted by atomic mass is 35.5. The summed E-state index contributed by atoms with van der Waals surface area (Å²) in [7, 11) is 0. The third-order valence-electron chi connectivity index (χ3n) is 2.03. The van der Waals surface area contributed by atoms with Crippen molar-refractivity contribution in [2.24, 2.45) is 0 Å². The summed E-state index contributed by atoms with van der Waals surface area (Å²) in [4.78, 5) is 4.22. The van der Waals surface area contributed by atoms with Gasteiger partial charge in [-0.2, -0.15) is 5.10 Å². The van der Waals surface area contributed by atoms with Crippen molar-refractivity contribution >= 4 is 11.6 Å². The fraction of sp³-hybridized carbons (Fsp3) is 0.200. The molecule has 0 saturated carbocycles. The lowest BCUT2D eigenvalue weighted by Crippen LogP contribution is -1.85. The van der Waals surface area contributed by atoms with Gasteiger partial charge in [-0.3, -0.25) is 10.1 Å². The summed E-state index contributed by atoms with van der Waals surface area (Å²) in [6, 6.07) is 3.90. The molecule has 2 aromatic heterocycles. The summed E-state index contributed by atoms with van der Waals surface area (Å²) in [5.41, 5.74) is 3.53. The quantitative estimate of drug-likeness (QED) is 0.781. The van der Waals surface area contributed by atoms with E-state index in [1.54, 1.807) is 6.20 Å². The van der Waals surface area contributed by atoms with E-state index < -0.39 is 0 Å². The molecule has 0 saturated heterocycles. The highest BCUT2D eigenvalue weighted by Gasteiger charge is 2.10. The summed E-state index contributed by atoms with van der Waals surface area (Å²) < 4.78 is 0. The number of hydrogen-bond donors (Lipinski definition) is 1. The number of hydrogen-bond acceptors (Lipinski definition) is 2. The molecule has 0 bridgehead atoms. The van der Waals surface area contributed by atoms with E-state index in [1.165, 1.54) is 0 Å². The fourth-order valence-electron chi connectivity index (χ4n) is 1.25. The van der Waals surface area contributed by atoms with Gasteiger partial charge in [0.2, 0.25) is 0 Å². The van der Waals surface area contributed by atoms with Crippen molar-refractivity contribution in [1.29, 1.82) is 0 Å². The summed E-state index contributed by atoms with van der Waals surface area (Å²) >= 11 is 6.06. The van der Waals surface area contributed by atoms with E-state index in [9.17, 15) is 0 Å². The molecule has 2 heterocycles. The van der Waals surface area contributed by atoms with Crippen molar-refractivity contribution in [2.45, 2.75) is 13.8 Å². The molecule has 0 fully saturated rings. The molecule has 1 N–H and O–H groups in total. The number of aromatic nitrogens is 3. The van der Waals surface area contributed by atoms with Crippen molar-refractivity contribution in [3.63, 3.8) is 0 Å². The third-order valence-corrected chi connectivity index (χ3v) is 2.49. The van der Waals surface area contributed by atoms with E-state index in [0.717, 1.165) is 17.0 Å². The van der Waals surface area contributed by atoms with E-state index in [0.29, 0.717) is 10.7 Å². The van der Waals surface area contributed by atoms with Gasteiger partial charge in [-0.05, 0) is 31.5 Å². The molecule has 2 aromatic rings. The zero-order valence-corrected chi connectivity index (χ0v) is 8.76. The SMILES string of the molecule is Cc1ccnc(-c2n[nH]c(C)c2Cl)c1. The molecule has 0 aliphatic rings. The van der Waals surface area contributed by atoms with E-state index in [4.69, 9.17) is 11.6 Å². The van der Waals surface area contributed by atoms with Crippen molar-refractivity contribution in [2.75, 3.05) is 0 Å². The highest BCUT2D eigenvalue weighted by Crippen LogP contribution is 2.26. The Hall–Kier alpha value is -1.35. The Balaban J connectivity index is 2.55. The Labute approximate surface area is 87.1 Å². The lowest BCUT2D eigenvalue weighted by molar-refractivity contribution is 1.04. The number of rotatable bonds is 1. The molecular formula is C10H10ClN3. The smallest absolute Gasteiger partial charge is 0.129 e. The Kier molecular flexibility index (Phi) is 2.25. The number of nitrogens with one attached hydrogen (secondary N) is 1. The van der Waals surface area contributed by atoms with Crippen LogP contribution in [0.5, 0.6) is 0 Å². The van der Waals surface area contributed by atoms with Gasteiger partial charge in [0.25, 0.3) is 0 Å². The van der Waals surface area contributed by atoms with Gasteiger partial charge >= 0.3 is 0 Å². The molecule has 0 aromatic carbocycles. The minimum atomic E-state index is 0.642. The van der Waals surface area contributed by atoms with Gasteiger partial charge in [-0.1, -0.05) is 11.6 Å². The van der Waals surface area contributed by atoms with Gasteiger partial charge in [0.15, 0.2) is 0 Å². The average Bonchev–Trinajstić information content (AvgIpc) is 2.48. The van der Waals surface area contributed by atoms with Crippen LogP contribution in [0.25, 0.3) is 11.4 Å². The first kappa shape index (κ1) is 9.21. The highest BCUT2D eigenvalue weighted by molar-refractivity contribution is 6.33. The predicted octanol–water partition coefficient (Wildman–Crippen LogP) is 2.74. The molecule has 0 amide bonds. The largest absolute Gasteiger partial charge is 0.281 e. The molecular weight excluding hydrogens is 198 g/mol.